The predicted molar refractivity (Wildman–Crippen MR) is 45.5 cm³/mol. The lowest BCUT2D eigenvalue weighted by Gasteiger charge is -2.03. The fourth-order valence-corrected chi connectivity index (χ4v) is 1.51. The minimum absolute atomic E-state index is 0.538. The van der Waals surface area contributed by atoms with Gasteiger partial charge in [0.25, 0.3) is 10.0 Å². The standard InChI is InChI=1S/C7H6FNO5S/c8-6-2-1-4(15(13,14)9-12)3-5(6)7(10)11/h1-3,9,12H,(H,10,11). The largest absolute Gasteiger partial charge is 0.478 e. The molecule has 1 aromatic rings. The fraction of sp³-hybridized carbons (Fsp3) is 0. The zero-order valence-electron chi connectivity index (χ0n) is 7.14. The second-order valence-electron chi connectivity index (χ2n) is 2.54. The summed E-state index contributed by atoms with van der Waals surface area (Å²) in [7, 11) is -4.20. The van der Waals surface area contributed by atoms with Crippen molar-refractivity contribution >= 4 is 16.0 Å². The predicted octanol–water partition coefficient (Wildman–Crippen LogP) is 0.191. The molecule has 0 radical (unpaired) electrons. The monoisotopic (exact) mass is 235 g/mol. The van der Waals surface area contributed by atoms with Crippen molar-refractivity contribution in [3.05, 3.63) is 29.6 Å². The van der Waals surface area contributed by atoms with Gasteiger partial charge in [-0.15, -0.1) is 0 Å². The topological polar surface area (TPSA) is 104 Å². The van der Waals surface area contributed by atoms with E-state index < -0.39 is 32.3 Å². The van der Waals surface area contributed by atoms with E-state index in [2.05, 4.69) is 0 Å². The smallest absolute Gasteiger partial charge is 0.338 e. The third kappa shape index (κ3) is 2.29. The molecule has 0 fully saturated rings. The van der Waals surface area contributed by atoms with Crippen LogP contribution >= 0.6 is 0 Å². The average molecular weight is 235 g/mol. The molecule has 0 saturated heterocycles. The van der Waals surface area contributed by atoms with E-state index in [4.69, 9.17) is 10.3 Å². The van der Waals surface area contributed by atoms with Crippen LogP contribution in [0.5, 0.6) is 0 Å². The molecule has 0 aromatic heterocycles. The lowest BCUT2D eigenvalue weighted by atomic mass is 10.2. The van der Waals surface area contributed by atoms with Crippen molar-refractivity contribution in [1.29, 1.82) is 0 Å². The molecule has 0 atom stereocenters. The summed E-state index contributed by atoms with van der Waals surface area (Å²) in [5, 5.41) is 16.8. The van der Waals surface area contributed by atoms with Gasteiger partial charge in [0.05, 0.1) is 10.5 Å². The van der Waals surface area contributed by atoms with Gasteiger partial charge in [0.2, 0.25) is 0 Å². The van der Waals surface area contributed by atoms with Gasteiger partial charge < -0.3 is 10.3 Å². The molecule has 15 heavy (non-hydrogen) atoms. The number of hydrogen-bond donors (Lipinski definition) is 3. The number of hydrogen-bond acceptors (Lipinski definition) is 4. The van der Waals surface area contributed by atoms with Crippen LogP contribution in [0.15, 0.2) is 23.1 Å². The Morgan fingerprint density at radius 3 is 2.47 bits per heavy atom. The van der Waals surface area contributed by atoms with Crippen LogP contribution in [-0.2, 0) is 10.0 Å². The summed E-state index contributed by atoms with van der Waals surface area (Å²) in [5.74, 6) is -2.65. The number of benzene rings is 1. The van der Waals surface area contributed by atoms with E-state index >= 15 is 0 Å². The van der Waals surface area contributed by atoms with E-state index in [9.17, 15) is 17.6 Å². The van der Waals surface area contributed by atoms with Crippen LogP contribution in [-0.4, -0.2) is 24.7 Å². The Kier molecular flexibility index (Phi) is 3.03. The molecule has 1 aromatic carbocycles. The molecule has 8 heteroatoms. The van der Waals surface area contributed by atoms with E-state index in [0.29, 0.717) is 12.1 Å². The molecule has 0 aliphatic heterocycles. The number of aromatic carboxylic acids is 1. The van der Waals surface area contributed by atoms with Gasteiger partial charge in [-0.25, -0.2) is 17.6 Å². The van der Waals surface area contributed by atoms with Crippen LogP contribution < -0.4 is 4.89 Å². The van der Waals surface area contributed by atoms with E-state index in [-0.39, 0.29) is 0 Å². The molecule has 0 bridgehead atoms. The normalized spacial score (nSPS) is 11.3. The van der Waals surface area contributed by atoms with E-state index in [1.807, 2.05) is 0 Å². The van der Waals surface area contributed by atoms with Crippen molar-refractivity contribution in [3.63, 3.8) is 0 Å². The summed E-state index contributed by atoms with van der Waals surface area (Å²) in [6.45, 7) is 0. The molecule has 1 rings (SSSR count). The van der Waals surface area contributed by atoms with Crippen molar-refractivity contribution < 1.29 is 27.9 Å². The van der Waals surface area contributed by atoms with Gasteiger partial charge in [-0.3, -0.25) is 0 Å². The molecule has 0 aliphatic rings. The van der Waals surface area contributed by atoms with Gasteiger partial charge in [-0.2, -0.15) is 0 Å². The Bertz CT molecular complexity index is 498. The van der Waals surface area contributed by atoms with Crippen LogP contribution in [0.2, 0.25) is 0 Å². The van der Waals surface area contributed by atoms with Gasteiger partial charge >= 0.3 is 5.97 Å². The van der Waals surface area contributed by atoms with Crippen molar-refractivity contribution in [2.45, 2.75) is 4.90 Å². The SMILES string of the molecule is O=C(O)c1cc(S(=O)(=O)NO)ccc1F. The highest BCUT2D eigenvalue weighted by molar-refractivity contribution is 7.89. The summed E-state index contributed by atoms with van der Waals surface area (Å²) in [6, 6.07) is 2.13. The number of halogens is 1. The summed E-state index contributed by atoms with van der Waals surface area (Å²) < 4.78 is 34.9. The highest BCUT2D eigenvalue weighted by Crippen LogP contribution is 2.14. The third-order valence-electron chi connectivity index (χ3n) is 1.60. The molecule has 3 N–H and O–H groups in total. The Morgan fingerprint density at radius 2 is 2.00 bits per heavy atom. The quantitative estimate of drug-likeness (QED) is 0.649. The molecule has 82 valence electrons. The first-order valence-corrected chi connectivity index (χ1v) is 5.05. The molecule has 6 nitrogen and oxygen atoms in total. The molecular formula is C7H6FNO5S. The third-order valence-corrected chi connectivity index (χ3v) is 2.71. The summed E-state index contributed by atoms with van der Waals surface area (Å²) in [4.78, 5) is 10.9. The lowest BCUT2D eigenvalue weighted by Crippen LogP contribution is -2.20. The molecule has 0 unspecified atom stereocenters. The van der Waals surface area contributed by atoms with Crippen LogP contribution in [0.1, 0.15) is 10.4 Å². The zero-order valence-corrected chi connectivity index (χ0v) is 7.95. The van der Waals surface area contributed by atoms with Gasteiger partial charge in [0.15, 0.2) is 0 Å². The summed E-state index contributed by atoms with van der Waals surface area (Å²) >= 11 is 0. The van der Waals surface area contributed by atoms with Gasteiger partial charge in [0, 0.05) is 0 Å². The fourth-order valence-electron chi connectivity index (χ4n) is 0.888. The molecule has 0 amide bonds. The Labute approximate surface area is 84.0 Å². The van der Waals surface area contributed by atoms with E-state index in [1.54, 1.807) is 0 Å². The van der Waals surface area contributed by atoms with Crippen molar-refractivity contribution in [3.8, 4) is 0 Å². The Hall–Kier alpha value is -1.51. The molecule has 0 spiro atoms. The Morgan fingerprint density at radius 1 is 1.40 bits per heavy atom. The first kappa shape index (κ1) is 11.6. The number of sulfonamides is 1. The first-order chi connectivity index (χ1) is 6.88. The van der Waals surface area contributed by atoms with E-state index in [1.165, 1.54) is 0 Å². The average Bonchev–Trinajstić information content (AvgIpc) is 2.17. The Balaban J connectivity index is 3.38. The second-order valence-corrected chi connectivity index (χ2v) is 4.20. The van der Waals surface area contributed by atoms with Crippen LogP contribution in [0.3, 0.4) is 0 Å². The highest BCUT2D eigenvalue weighted by Gasteiger charge is 2.18. The zero-order chi connectivity index (χ0) is 11.6. The minimum Gasteiger partial charge on any atom is -0.478 e. The number of rotatable bonds is 3. The van der Waals surface area contributed by atoms with Crippen LogP contribution in [0, 0.1) is 5.82 Å². The first-order valence-electron chi connectivity index (χ1n) is 3.57. The maximum absolute atomic E-state index is 12.9. The molecule has 0 heterocycles. The van der Waals surface area contributed by atoms with Crippen molar-refractivity contribution in [2.24, 2.45) is 0 Å². The molecule has 0 saturated carbocycles. The van der Waals surface area contributed by atoms with Gasteiger partial charge in [-0.05, 0) is 18.2 Å². The van der Waals surface area contributed by atoms with Gasteiger partial charge in [-0.1, -0.05) is 4.89 Å². The lowest BCUT2D eigenvalue weighted by molar-refractivity contribution is 0.0691. The number of carboxylic acid groups (broad SMARTS) is 1. The number of nitrogens with one attached hydrogen (secondary N) is 1. The van der Waals surface area contributed by atoms with Gasteiger partial charge in [0.1, 0.15) is 5.82 Å². The van der Waals surface area contributed by atoms with Crippen molar-refractivity contribution in [2.75, 3.05) is 0 Å². The maximum Gasteiger partial charge on any atom is 0.338 e. The van der Waals surface area contributed by atoms with Crippen molar-refractivity contribution in [1.82, 2.24) is 4.89 Å². The molecular weight excluding hydrogens is 229 g/mol. The highest BCUT2D eigenvalue weighted by atomic mass is 32.2. The second kappa shape index (κ2) is 3.93. The maximum atomic E-state index is 12.9. The van der Waals surface area contributed by atoms with Crippen LogP contribution in [0.25, 0.3) is 0 Å². The molecule has 0 aliphatic carbocycles. The summed E-state index contributed by atoms with van der Waals surface area (Å²) in [5.41, 5.74) is -0.786. The number of carbonyl (C=O) groups is 1. The number of carboxylic acids is 1. The van der Waals surface area contributed by atoms with E-state index in [0.717, 1.165) is 11.0 Å². The minimum atomic E-state index is -4.20. The van der Waals surface area contributed by atoms with Crippen LogP contribution in [0.4, 0.5) is 4.39 Å². The summed E-state index contributed by atoms with van der Waals surface area (Å²) in [6.07, 6.45) is 0.